The van der Waals surface area contributed by atoms with Crippen LogP contribution in [0.15, 0.2) is 68.5 Å². The number of hydrazone groups is 1. The number of hydrogen-bond acceptors (Lipinski definition) is 6. The Morgan fingerprint density at radius 1 is 1.00 bits per heavy atom. The maximum atomic E-state index is 5.81. The van der Waals surface area contributed by atoms with Gasteiger partial charge in [0.25, 0.3) is 0 Å². The zero-order valence-electron chi connectivity index (χ0n) is 16.1. The molecule has 1 aliphatic heterocycles. The first-order valence-electron chi connectivity index (χ1n) is 9.35. The van der Waals surface area contributed by atoms with Crippen molar-refractivity contribution in [2.75, 3.05) is 13.2 Å². The number of thiophene rings is 1. The summed E-state index contributed by atoms with van der Waals surface area (Å²) in [5.41, 5.74) is 6.66. The van der Waals surface area contributed by atoms with Gasteiger partial charge >= 0.3 is 0 Å². The Labute approximate surface area is 182 Å². The highest BCUT2D eigenvalue weighted by Gasteiger charge is 2.19. The second-order valence-corrected chi connectivity index (χ2v) is 8.06. The minimum absolute atomic E-state index is 0.558. The van der Waals surface area contributed by atoms with Gasteiger partial charge in [-0.1, -0.05) is 22.0 Å². The van der Waals surface area contributed by atoms with Crippen molar-refractivity contribution in [1.29, 1.82) is 0 Å². The third kappa shape index (κ3) is 4.21. The lowest BCUT2D eigenvalue weighted by Gasteiger charge is -2.14. The van der Waals surface area contributed by atoms with E-state index >= 15 is 0 Å². The highest BCUT2D eigenvalue weighted by atomic mass is 79.9. The summed E-state index contributed by atoms with van der Waals surface area (Å²) in [7, 11) is 0. The molecule has 5 nitrogen and oxygen atoms in total. The smallest absolute Gasteiger partial charge is 0.164 e. The van der Waals surface area contributed by atoms with E-state index in [0.717, 1.165) is 43.5 Å². The van der Waals surface area contributed by atoms with E-state index in [0.29, 0.717) is 19.0 Å². The van der Waals surface area contributed by atoms with E-state index in [4.69, 9.17) is 19.6 Å². The molecule has 3 aromatic rings. The second kappa shape index (κ2) is 8.80. The third-order valence-corrected chi connectivity index (χ3v) is 5.66. The lowest BCUT2D eigenvalue weighted by molar-refractivity contribution is 0.287. The normalized spacial score (nSPS) is 12.9. The molecule has 0 spiro atoms. The Hall–Kier alpha value is -2.64. The highest BCUT2D eigenvalue weighted by Crippen LogP contribution is 2.33. The summed E-state index contributed by atoms with van der Waals surface area (Å²) in [5.74, 6) is 2.16. The van der Waals surface area contributed by atoms with Gasteiger partial charge in [0, 0.05) is 15.6 Å². The molecule has 4 rings (SSSR count). The number of aliphatic imine (C=N–C) groups is 1. The number of halogens is 1. The van der Waals surface area contributed by atoms with Crippen molar-refractivity contribution in [2.24, 2.45) is 10.1 Å². The van der Waals surface area contributed by atoms with Gasteiger partial charge in [-0.15, -0.1) is 11.3 Å². The lowest BCUT2D eigenvalue weighted by Crippen LogP contribution is -2.18. The van der Waals surface area contributed by atoms with Crippen LogP contribution in [-0.2, 0) is 0 Å². The lowest BCUT2D eigenvalue weighted by atomic mass is 10.0. The molecular formula is C22H20BrN3O2S. The molecule has 0 fully saturated rings. The molecule has 0 bridgehead atoms. The van der Waals surface area contributed by atoms with Gasteiger partial charge in [0.15, 0.2) is 17.3 Å². The second-order valence-electron chi connectivity index (χ2n) is 6.20. The van der Waals surface area contributed by atoms with Crippen molar-refractivity contribution in [1.82, 2.24) is 5.43 Å². The van der Waals surface area contributed by atoms with E-state index in [2.05, 4.69) is 21.4 Å². The summed E-state index contributed by atoms with van der Waals surface area (Å²) in [5, 5.41) is 6.74. The first kappa shape index (κ1) is 19.7. The van der Waals surface area contributed by atoms with Gasteiger partial charge in [-0.05, 0) is 61.7 Å². The fourth-order valence-electron chi connectivity index (χ4n) is 3.05. The Bertz CT molecular complexity index is 1080. The third-order valence-electron chi connectivity index (χ3n) is 4.29. The van der Waals surface area contributed by atoms with E-state index in [1.807, 2.05) is 67.8 Å². The number of ether oxygens (including phenoxy) is 2. The van der Waals surface area contributed by atoms with Crippen molar-refractivity contribution in [3.63, 3.8) is 0 Å². The molecule has 0 saturated heterocycles. The summed E-state index contributed by atoms with van der Waals surface area (Å²) < 4.78 is 12.5. The van der Waals surface area contributed by atoms with E-state index in [9.17, 15) is 0 Å². The minimum Gasteiger partial charge on any atom is -0.490 e. The number of fused-ring (bicyclic) bond motifs is 1. The molecule has 0 atom stereocenters. The summed E-state index contributed by atoms with van der Waals surface area (Å²) in [6.07, 6.45) is 0. The number of benzene rings is 2. The van der Waals surface area contributed by atoms with Crippen LogP contribution in [0.2, 0.25) is 0 Å². The summed E-state index contributed by atoms with van der Waals surface area (Å²) in [6.45, 7) is 5.05. The van der Waals surface area contributed by atoms with Crippen molar-refractivity contribution in [2.45, 2.75) is 13.8 Å². The Balaban J connectivity index is 1.82. The molecule has 2 aromatic carbocycles. The van der Waals surface area contributed by atoms with Gasteiger partial charge in [0.05, 0.1) is 23.8 Å². The first-order valence-corrected chi connectivity index (χ1v) is 11.0. The topological polar surface area (TPSA) is 55.2 Å². The molecule has 0 amide bonds. The quantitative estimate of drug-likeness (QED) is 0.500. The van der Waals surface area contributed by atoms with E-state index < -0.39 is 0 Å². The molecule has 0 saturated carbocycles. The van der Waals surface area contributed by atoms with Crippen LogP contribution < -0.4 is 14.9 Å². The Kier molecular flexibility index (Phi) is 5.97. The van der Waals surface area contributed by atoms with E-state index in [-0.39, 0.29) is 0 Å². The SMILES string of the molecule is CCOc1ccc(C2=NNC(c3cccs3)=Nc3ccc(Br)cc32)cc1OCC. The molecule has 1 N–H and O–H groups in total. The molecule has 29 heavy (non-hydrogen) atoms. The van der Waals surface area contributed by atoms with E-state index in [1.54, 1.807) is 11.3 Å². The van der Waals surface area contributed by atoms with Crippen molar-refractivity contribution < 1.29 is 9.47 Å². The maximum absolute atomic E-state index is 5.81. The van der Waals surface area contributed by atoms with Crippen LogP contribution in [0.4, 0.5) is 5.69 Å². The van der Waals surface area contributed by atoms with Crippen LogP contribution in [-0.4, -0.2) is 24.8 Å². The molecular weight excluding hydrogens is 450 g/mol. The maximum Gasteiger partial charge on any atom is 0.164 e. The Morgan fingerprint density at radius 2 is 1.83 bits per heavy atom. The summed E-state index contributed by atoms with van der Waals surface area (Å²) in [4.78, 5) is 5.86. The molecule has 2 heterocycles. The monoisotopic (exact) mass is 469 g/mol. The van der Waals surface area contributed by atoms with Gasteiger partial charge in [0.1, 0.15) is 5.71 Å². The van der Waals surface area contributed by atoms with Crippen molar-refractivity contribution in [3.05, 3.63) is 74.4 Å². The van der Waals surface area contributed by atoms with Crippen LogP contribution >= 0.6 is 27.3 Å². The molecule has 0 unspecified atom stereocenters. The highest BCUT2D eigenvalue weighted by molar-refractivity contribution is 9.10. The van der Waals surface area contributed by atoms with Crippen LogP contribution in [0.25, 0.3) is 0 Å². The predicted octanol–water partition coefficient (Wildman–Crippen LogP) is 5.74. The van der Waals surface area contributed by atoms with Crippen LogP contribution in [0.5, 0.6) is 11.5 Å². The fourth-order valence-corrected chi connectivity index (χ4v) is 4.08. The van der Waals surface area contributed by atoms with Gasteiger partial charge in [-0.25, -0.2) is 4.99 Å². The van der Waals surface area contributed by atoms with E-state index in [1.165, 1.54) is 0 Å². The van der Waals surface area contributed by atoms with Crippen molar-refractivity contribution >= 4 is 44.5 Å². The van der Waals surface area contributed by atoms with Gasteiger partial charge < -0.3 is 9.47 Å². The minimum atomic E-state index is 0.558. The molecule has 1 aromatic heterocycles. The fraction of sp³-hybridized carbons (Fsp3) is 0.182. The number of hydrogen-bond donors (Lipinski definition) is 1. The molecule has 7 heteroatoms. The average molecular weight is 470 g/mol. The number of rotatable bonds is 6. The standard InChI is InChI=1S/C22H20BrN3O2S/c1-3-27-18-10-7-14(12-19(18)28-4-2)21-16-13-15(23)8-9-17(16)24-22(26-25-21)20-6-5-11-29-20/h5-13H,3-4H2,1-2H3,(H,24,26). The molecule has 0 radical (unpaired) electrons. The molecule has 148 valence electrons. The van der Waals surface area contributed by atoms with Crippen LogP contribution in [0.3, 0.4) is 0 Å². The molecule has 0 aliphatic carbocycles. The van der Waals surface area contributed by atoms with Gasteiger partial charge in [-0.3, -0.25) is 5.43 Å². The zero-order chi connectivity index (χ0) is 20.2. The number of nitrogens with zero attached hydrogens (tertiary/aromatic N) is 2. The average Bonchev–Trinajstić information content (AvgIpc) is 3.19. The van der Waals surface area contributed by atoms with Gasteiger partial charge in [0.2, 0.25) is 0 Å². The molecule has 1 aliphatic rings. The Morgan fingerprint density at radius 3 is 2.59 bits per heavy atom. The summed E-state index contributed by atoms with van der Waals surface area (Å²) >= 11 is 5.20. The zero-order valence-corrected chi connectivity index (χ0v) is 18.5. The number of amidine groups is 1. The van der Waals surface area contributed by atoms with Gasteiger partial charge in [-0.2, -0.15) is 5.10 Å². The first-order chi connectivity index (χ1) is 14.2. The largest absolute Gasteiger partial charge is 0.490 e. The van der Waals surface area contributed by atoms with Crippen LogP contribution in [0, 0.1) is 0 Å². The van der Waals surface area contributed by atoms with Crippen LogP contribution in [0.1, 0.15) is 29.9 Å². The number of nitrogens with one attached hydrogen (secondary N) is 1. The summed E-state index contributed by atoms with van der Waals surface area (Å²) in [6, 6.07) is 15.9. The van der Waals surface area contributed by atoms with Crippen molar-refractivity contribution in [3.8, 4) is 11.5 Å². The predicted molar refractivity (Wildman–Crippen MR) is 122 cm³/mol.